The van der Waals surface area contributed by atoms with Gasteiger partial charge in [-0.05, 0) is 47.3 Å². The summed E-state index contributed by atoms with van der Waals surface area (Å²) < 4.78 is 0. The molecule has 0 unspecified atom stereocenters. The minimum atomic E-state index is -0.280. The number of hydrogen-bond donors (Lipinski definition) is 0. The summed E-state index contributed by atoms with van der Waals surface area (Å²) in [5.74, 6) is -0.303. The van der Waals surface area contributed by atoms with Crippen LogP contribution in [0.1, 0.15) is 41.5 Å². The zero-order valence-corrected chi connectivity index (χ0v) is 15.1. The smallest absolute Gasteiger partial charge is 0.186 e. The molecule has 0 saturated heterocycles. The van der Waals surface area contributed by atoms with E-state index in [1.54, 1.807) is 0 Å². The van der Waals surface area contributed by atoms with Crippen LogP contribution in [0.4, 0.5) is 0 Å². The molecule has 0 amide bonds. The fourth-order valence-corrected chi connectivity index (χ4v) is 2.16. The van der Waals surface area contributed by atoms with Gasteiger partial charge in [0.05, 0.1) is 0 Å². The molecule has 24 heavy (non-hydrogen) atoms. The maximum absolute atomic E-state index is 12.3. The summed E-state index contributed by atoms with van der Waals surface area (Å²) in [6, 6.07) is 0. The maximum atomic E-state index is 12.3. The second-order valence-corrected chi connectivity index (χ2v) is 7.82. The van der Waals surface area contributed by atoms with Crippen LogP contribution >= 0.6 is 0 Å². The first kappa shape index (κ1) is 19.7. The third-order valence-corrected chi connectivity index (χ3v) is 3.50. The molecule has 0 bridgehead atoms. The summed E-state index contributed by atoms with van der Waals surface area (Å²) in [6.45, 7) is 11.7. The molecule has 0 aromatic rings. The lowest BCUT2D eigenvalue weighted by molar-refractivity contribution is -0.116. The van der Waals surface area contributed by atoms with Crippen molar-refractivity contribution in [1.82, 2.24) is 0 Å². The van der Waals surface area contributed by atoms with Gasteiger partial charge in [0.1, 0.15) is 0 Å². The first-order valence-electron chi connectivity index (χ1n) is 7.79. The molecular formula is C20H24O4. The summed E-state index contributed by atoms with van der Waals surface area (Å²) in [4.78, 5) is 44.5. The highest BCUT2D eigenvalue weighted by Crippen LogP contribution is 2.36. The Morgan fingerprint density at radius 3 is 1.08 bits per heavy atom. The van der Waals surface area contributed by atoms with Gasteiger partial charge in [0.2, 0.25) is 0 Å². The molecule has 2 aliphatic rings. The van der Waals surface area contributed by atoms with Crippen molar-refractivity contribution >= 4 is 23.1 Å². The Kier molecular flexibility index (Phi) is 5.77. The molecule has 4 nitrogen and oxygen atoms in total. The first-order chi connectivity index (χ1) is 10.8. The van der Waals surface area contributed by atoms with E-state index in [0.29, 0.717) is 11.1 Å². The minimum Gasteiger partial charge on any atom is -0.290 e. The molecule has 0 N–H and O–H groups in total. The maximum Gasteiger partial charge on any atom is 0.186 e. The van der Waals surface area contributed by atoms with Crippen molar-refractivity contribution in [3.05, 3.63) is 47.6 Å². The zero-order chi connectivity index (χ0) is 18.7. The topological polar surface area (TPSA) is 68.3 Å². The molecular weight excluding hydrogens is 304 g/mol. The molecule has 0 saturated carbocycles. The molecule has 128 valence electrons. The van der Waals surface area contributed by atoms with Crippen LogP contribution in [0.15, 0.2) is 47.6 Å². The third kappa shape index (κ3) is 5.37. The van der Waals surface area contributed by atoms with E-state index in [1.807, 2.05) is 41.5 Å². The highest BCUT2D eigenvalue weighted by Gasteiger charge is 2.34. The van der Waals surface area contributed by atoms with Gasteiger partial charge in [-0.1, -0.05) is 41.5 Å². The van der Waals surface area contributed by atoms with Crippen LogP contribution in [0.2, 0.25) is 0 Å². The predicted molar refractivity (Wildman–Crippen MR) is 93.4 cm³/mol. The molecule has 0 aromatic carbocycles. The van der Waals surface area contributed by atoms with Crippen molar-refractivity contribution in [2.75, 3.05) is 0 Å². The average molecular weight is 328 g/mol. The normalized spacial score (nSPS) is 18.1. The average Bonchev–Trinajstić information content (AvgIpc) is 2.42. The number of hydrogen-bond acceptors (Lipinski definition) is 4. The van der Waals surface area contributed by atoms with Gasteiger partial charge in [-0.15, -0.1) is 0 Å². The van der Waals surface area contributed by atoms with Gasteiger partial charge < -0.3 is 0 Å². The molecule has 0 heterocycles. The highest BCUT2D eigenvalue weighted by molar-refractivity contribution is 6.21. The summed E-state index contributed by atoms with van der Waals surface area (Å²) in [5, 5.41) is 0. The van der Waals surface area contributed by atoms with Crippen LogP contribution in [-0.2, 0) is 19.2 Å². The molecule has 2 rings (SSSR count). The van der Waals surface area contributed by atoms with Crippen LogP contribution in [0.5, 0.6) is 0 Å². The summed E-state index contributed by atoms with van der Waals surface area (Å²) in [6.07, 6.45) is 7.95. The van der Waals surface area contributed by atoms with E-state index < -0.39 is 0 Å². The Balaban J connectivity index is 0.000000300. The number of rotatable bonds is 0. The zero-order valence-electron chi connectivity index (χ0n) is 15.1. The fourth-order valence-electron chi connectivity index (χ4n) is 2.16. The van der Waals surface area contributed by atoms with Crippen LogP contribution < -0.4 is 0 Å². The molecule has 4 heteroatoms. The van der Waals surface area contributed by atoms with Gasteiger partial charge in [-0.25, -0.2) is 0 Å². The van der Waals surface area contributed by atoms with Gasteiger partial charge in [0.25, 0.3) is 0 Å². The van der Waals surface area contributed by atoms with Crippen LogP contribution in [0.25, 0.3) is 0 Å². The van der Waals surface area contributed by atoms with Gasteiger partial charge in [-0.3, -0.25) is 19.2 Å². The predicted octanol–water partition coefficient (Wildman–Crippen LogP) is 3.33. The largest absolute Gasteiger partial charge is 0.290 e. The van der Waals surface area contributed by atoms with Crippen molar-refractivity contribution in [3.63, 3.8) is 0 Å². The molecule has 0 aromatic heterocycles. The van der Waals surface area contributed by atoms with Crippen molar-refractivity contribution in [1.29, 1.82) is 0 Å². The standard InChI is InChI=1S/C14H20O2.C6H4O2/c1-13(2,3)10-7-9(15)8-11(12(10)16)14(4,5)6;7-5-1-2-6(8)4-3-5/h7-8H,1-6H3;1-4H. The Bertz CT molecular complexity index is 625. The van der Waals surface area contributed by atoms with E-state index in [-0.39, 0.29) is 34.0 Å². The van der Waals surface area contributed by atoms with Crippen molar-refractivity contribution in [2.24, 2.45) is 10.8 Å². The van der Waals surface area contributed by atoms with E-state index in [1.165, 1.54) is 36.5 Å². The van der Waals surface area contributed by atoms with E-state index in [9.17, 15) is 19.2 Å². The lowest BCUT2D eigenvalue weighted by Gasteiger charge is -2.30. The Labute approximate surface area is 143 Å². The monoisotopic (exact) mass is 328 g/mol. The molecule has 2 aliphatic carbocycles. The lowest BCUT2D eigenvalue weighted by atomic mass is 9.72. The number of Topliss-reactive ketones (excluding diaryl/α,β-unsaturated/α-hetero) is 1. The number of ketones is 4. The van der Waals surface area contributed by atoms with E-state index >= 15 is 0 Å². The SMILES string of the molecule is CC(C)(C)C1=CC(=O)C=C(C(C)(C)C)C1=O.O=C1C=CC(=O)C=C1. The molecule has 0 spiro atoms. The molecule has 0 aliphatic heterocycles. The Morgan fingerprint density at radius 2 is 0.833 bits per heavy atom. The molecule has 0 radical (unpaired) electrons. The Morgan fingerprint density at radius 1 is 0.542 bits per heavy atom. The van der Waals surface area contributed by atoms with E-state index in [2.05, 4.69) is 0 Å². The van der Waals surface area contributed by atoms with Crippen molar-refractivity contribution in [3.8, 4) is 0 Å². The van der Waals surface area contributed by atoms with Gasteiger partial charge in [-0.2, -0.15) is 0 Å². The number of allylic oxidation sites excluding steroid dienone is 8. The van der Waals surface area contributed by atoms with Gasteiger partial charge >= 0.3 is 0 Å². The highest BCUT2D eigenvalue weighted by atomic mass is 16.1. The second-order valence-electron chi connectivity index (χ2n) is 7.82. The first-order valence-corrected chi connectivity index (χ1v) is 7.79. The van der Waals surface area contributed by atoms with Crippen LogP contribution in [0.3, 0.4) is 0 Å². The van der Waals surface area contributed by atoms with Gasteiger partial charge in [0.15, 0.2) is 23.1 Å². The fraction of sp³-hybridized carbons (Fsp3) is 0.400. The van der Waals surface area contributed by atoms with Crippen LogP contribution in [0, 0.1) is 10.8 Å². The summed E-state index contributed by atoms with van der Waals surface area (Å²) in [7, 11) is 0. The summed E-state index contributed by atoms with van der Waals surface area (Å²) in [5.41, 5.74) is 0.671. The quantitative estimate of drug-likeness (QED) is 0.640. The second kappa shape index (κ2) is 7.04. The molecule has 0 fully saturated rings. The van der Waals surface area contributed by atoms with Crippen molar-refractivity contribution < 1.29 is 19.2 Å². The third-order valence-electron chi connectivity index (χ3n) is 3.50. The van der Waals surface area contributed by atoms with Crippen LogP contribution in [-0.4, -0.2) is 23.1 Å². The van der Waals surface area contributed by atoms with Crippen molar-refractivity contribution in [2.45, 2.75) is 41.5 Å². The number of carbonyl (C=O) groups excluding carboxylic acids is 4. The van der Waals surface area contributed by atoms with E-state index in [0.717, 1.165) is 0 Å². The minimum absolute atomic E-state index is 0.0135. The number of carbonyl (C=O) groups is 4. The van der Waals surface area contributed by atoms with Gasteiger partial charge in [0, 0.05) is 11.1 Å². The lowest BCUT2D eigenvalue weighted by Crippen LogP contribution is -2.29. The molecule has 0 atom stereocenters. The Hall–Kier alpha value is -2.36. The van der Waals surface area contributed by atoms with E-state index in [4.69, 9.17) is 0 Å². The summed E-state index contributed by atoms with van der Waals surface area (Å²) >= 11 is 0.